The molecule has 0 fully saturated rings. The quantitative estimate of drug-likeness (QED) is 0.798. The van der Waals surface area contributed by atoms with Crippen LogP contribution in [-0.2, 0) is 10.0 Å². The summed E-state index contributed by atoms with van der Waals surface area (Å²) < 4.78 is 27.9. The van der Waals surface area contributed by atoms with Gasteiger partial charge in [-0.05, 0) is 55.7 Å². The van der Waals surface area contributed by atoms with Gasteiger partial charge in [-0.15, -0.1) is 0 Å². The molecule has 0 bridgehead atoms. The Hall–Kier alpha value is -2.05. The van der Waals surface area contributed by atoms with Crippen LogP contribution in [0.1, 0.15) is 34.8 Å². The third kappa shape index (κ3) is 4.74. The van der Waals surface area contributed by atoms with E-state index >= 15 is 0 Å². The SMILES string of the molecule is CCCNC(=O)c1cc(S(=O)(=O)Nc2cc(Cl)ccc2C)ccc1C. The number of carbonyl (C=O) groups excluding carboxylic acids is 1. The Kier molecular flexibility index (Phi) is 6.08. The molecule has 2 N–H and O–H groups in total. The van der Waals surface area contributed by atoms with E-state index in [4.69, 9.17) is 11.6 Å². The average molecular weight is 381 g/mol. The first-order chi connectivity index (χ1) is 11.7. The Balaban J connectivity index is 2.36. The van der Waals surface area contributed by atoms with Crippen LogP contribution in [0, 0.1) is 13.8 Å². The van der Waals surface area contributed by atoms with Crippen molar-refractivity contribution in [1.29, 1.82) is 0 Å². The van der Waals surface area contributed by atoms with Gasteiger partial charge < -0.3 is 5.32 Å². The fraction of sp³-hybridized carbons (Fsp3) is 0.278. The second kappa shape index (κ2) is 7.89. The zero-order chi connectivity index (χ0) is 18.6. The largest absolute Gasteiger partial charge is 0.352 e. The molecule has 1 amide bonds. The van der Waals surface area contributed by atoms with Crippen LogP contribution in [0.25, 0.3) is 0 Å². The maximum Gasteiger partial charge on any atom is 0.261 e. The van der Waals surface area contributed by atoms with E-state index in [-0.39, 0.29) is 10.8 Å². The van der Waals surface area contributed by atoms with Gasteiger partial charge in [0.25, 0.3) is 15.9 Å². The molecule has 2 aromatic rings. The summed E-state index contributed by atoms with van der Waals surface area (Å²) in [5, 5.41) is 3.20. The number of carbonyl (C=O) groups is 1. The van der Waals surface area contributed by atoms with Crippen molar-refractivity contribution in [2.45, 2.75) is 32.1 Å². The Bertz CT molecular complexity index is 895. The summed E-state index contributed by atoms with van der Waals surface area (Å²) in [6.45, 7) is 6.04. The summed E-state index contributed by atoms with van der Waals surface area (Å²) in [5.74, 6) is -0.282. The van der Waals surface area contributed by atoms with Crippen molar-refractivity contribution in [3.05, 3.63) is 58.1 Å². The van der Waals surface area contributed by atoms with Gasteiger partial charge in [-0.2, -0.15) is 0 Å². The zero-order valence-electron chi connectivity index (χ0n) is 14.4. The molecule has 0 aromatic heterocycles. The zero-order valence-corrected chi connectivity index (χ0v) is 16.0. The fourth-order valence-electron chi connectivity index (χ4n) is 2.25. The third-order valence-electron chi connectivity index (χ3n) is 3.74. The van der Waals surface area contributed by atoms with Crippen molar-refractivity contribution in [2.24, 2.45) is 0 Å². The minimum absolute atomic E-state index is 0.0270. The van der Waals surface area contributed by atoms with E-state index in [1.807, 2.05) is 6.92 Å². The second-order valence-electron chi connectivity index (χ2n) is 5.80. The van der Waals surface area contributed by atoms with E-state index in [1.54, 1.807) is 38.1 Å². The number of hydrogen-bond acceptors (Lipinski definition) is 3. The monoisotopic (exact) mass is 380 g/mol. The topological polar surface area (TPSA) is 75.3 Å². The molecule has 0 aliphatic heterocycles. The minimum atomic E-state index is -3.83. The van der Waals surface area contributed by atoms with Gasteiger partial charge in [0, 0.05) is 17.1 Å². The van der Waals surface area contributed by atoms with Gasteiger partial charge >= 0.3 is 0 Å². The van der Waals surface area contributed by atoms with Gasteiger partial charge in [-0.1, -0.05) is 30.7 Å². The van der Waals surface area contributed by atoms with Gasteiger partial charge in [0.15, 0.2) is 0 Å². The van der Waals surface area contributed by atoms with E-state index in [1.165, 1.54) is 12.1 Å². The lowest BCUT2D eigenvalue weighted by atomic mass is 10.1. The number of aryl methyl sites for hydroxylation is 2. The lowest BCUT2D eigenvalue weighted by molar-refractivity contribution is 0.0953. The highest BCUT2D eigenvalue weighted by molar-refractivity contribution is 7.92. The van der Waals surface area contributed by atoms with Crippen molar-refractivity contribution in [3.63, 3.8) is 0 Å². The molecule has 0 aliphatic rings. The van der Waals surface area contributed by atoms with Crippen LogP contribution < -0.4 is 10.0 Å². The van der Waals surface area contributed by atoms with Crippen LogP contribution in [0.5, 0.6) is 0 Å². The normalized spacial score (nSPS) is 11.2. The first-order valence-corrected chi connectivity index (χ1v) is 9.78. The Morgan fingerprint density at radius 3 is 2.44 bits per heavy atom. The van der Waals surface area contributed by atoms with Crippen molar-refractivity contribution >= 4 is 33.2 Å². The summed E-state index contributed by atoms with van der Waals surface area (Å²) in [7, 11) is -3.83. The number of amides is 1. The van der Waals surface area contributed by atoms with Gasteiger partial charge in [0.1, 0.15) is 0 Å². The summed E-state index contributed by atoms with van der Waals surface area (Å²) in [4.78, 5) is 12.2. The van der Waals surface area contributed by atoms with E-state index in [0.29, 0.717) is 28.4 Å². The summed E-state index contributed by atoms with van der Waals surface area (Å²) in [6.07, 6.45) is 0.804. The standard InChI is InChI=1S/C18H21ClN2O3S/c1-4-9-20-18(22)16-11-15(8-6-12(16)2)25(23,24)21-17-10-14(19)7-5-13(17)3/h5-8,10-11,21H,4,9H2,1-3H3,(H,20,22). The summed E-state index contributed by atoms with van der Waals surface area (Å²) in [6, 6.07) is 9.48. The predicted molar refractivity (Wildman–Crippen MR) is 101 cm³/mol. The van der Waals surface area contributed by atoms with Crippen molar-refractivity contribution in [2.75, 3.05) is 11.3 Å². The van der Waals surface area contributed by atoms with Gasteiger partial charge in [0.05, 0.1) is 10.6 Å². The molecule has 0 radical (unpaired) electrons. The number of rotatable bonds is 6. The van der Waals surface area contributed by atoms with Crippen LogP contribution in [0.15, 0.2) is 41.3 Å². The molecular formula is C18H21ClN2O3S. The molecule has 2 aromatic carbocycles. The number of sulfonamides is 1. The smallest absolute Gasteiger partial charge is 0.261 e. The van der Waals surface area contributed by atoms with Crippen LogP contribution in [-0.4, -0.2) is 20.9 Å². The minimum Gasteiger partial charge on any atom is -0.352 e. The molecule has 5 nitrogen and oxygen atoms in total. The molecule has 0 saturated carbocycles. The number of benzene rings is 2. The highest BCUT2D eigenvalue weighted by Gasteiger charge is 2.19. The van der Waals surface area contributed by atoms with Crippen LogP contribution in [0.2, 0.25) is 5.02 Å². The number of halogens is 1. The van der Waals surface area contributed by atoms with Crippen molar-refractivity contribution in [1.82, 2.24) is 5.32 Å². The first kappa shape index (κ1) is 19.3. The first-order valence-electron chi connectivity index (χ1n) is 7.92. The third-order valence-corrected chi connectivity index (χ3v) is 5.34. The molecule has 134 valence electrons. The maximum absolute atomic E-state index is 12.7. The second-order valence-corrected chi connectivity index (χ2v) is 7.92. The van der Waals surface area contributed by atoms with E-state index < -0.39 is 10.0 Å². The molecule has 2 rings (SSSR count). The lowest BCUT2D eigenvalue weighted by Gasteiger charge is -2.13. The van der Waals surface area contributed by atoms with Crippen molar-refractivity contribution in [3.8, 4) is 0 Å². The predicted octanol–water partition coefficient (Wildman–Crippen LogP) is 3.90. The van der Waals surface area contributed by atoms with Crippen LogP contribution in [0.3, 0.4) is 0 Å². The Morgan fingerprint density at radius 2 is 1.76 bits per heavy atom. The Morgan fingerprint density at radius 1 is 1.08 bits per heavy atom. The van der Waals surface area contributed by atoms with Crippen molar-refractivity contribution < 1.29 is 13.2 Å². The average Bonchev–Trinajstić information content (AvgIpc) is 2.56. The number of nitrogens with one attached hydrogen (secondary N) is 2. The molecule has 0 aliphatic carbocycles. The number of anilines is 1. The molecule has 0 atom stereocenters. The lowest BCUT2D eigenvalue weighted by Crippen LogP contribution is -2.25. The van der Waals surface area contributed by atoms with Crippen LogP contribution >= 0.6 is 11.6 Å². The molecule has 0 spiro atoms. The number of hydrogen-bond donors (Lipinski definition) is 2. The fourth-order valence-corrected chi connectivity index (χ4v) is 3.57. The van der Waals surface area contributed by atoms with E-state index in [9.17, 15) is 13.2 Å². The molecule has 0 unspecified atom stereocenters. The molecular weight excluding hydrogens is 360 g/mol. The Labute approximate surface area is 153 Å². The molecule has 0 saturated heterocycles. The highest BCUT2D eigenvalue weighted by Crippen LogP contribution is 2.24. The van der Waals surface area contributed by atoms with Gasteiger partial charge in [0.2, 0.25) is 0 Å². The molecule has 7 heteroatoms. The maximum atomic E-state index is 12.7. The van der Waals surface area contributed by atoms with Gasteiger partial charge in [-0.3, -0.25) is 9.52 Å². The summed E-state index contributed by atoms with van der Waals surface area (Å²) >= 11 is 5.94. The highest BCUT2D eigenvalue weighted by atomic mass is 35.5. The van der Waals surface area contributed by atoms with Gasteiger partial charge in [-0.25, -0.2) is 8.42 Å². The van der Waals surface area contributed by atoms with E-state index in [2.05, 4.69) is 10.0 Å². The summed E-state index contributed by atoms with van der Waals surface area (Å²) in [5.41, 5.74) is 2.22. The van der Waals surface area contributed by atoms with E-state index in [0.717, 1.165) is 12.0 Å². The molecule has 25 heavy (non-hydrogen) atoms. The van der Waals surface area contributed by atoms with Crippen LogP contribution in [0.4, 0.5) is 5.69 Å². The molecule has 0 heterocycles.